The van der Waals surface area contributed by atoms with Crippen molar-refractivity contribution >= 4 is 11.6 Å². The lowest BCUT2D eigenvalue weighted by atomic mass is 9.83. The Morgan fingerprint density at radius 1 is 1.48 bits per heavy atom. The van der Waals surface area contributed by atoms with E-state index in [-0.39, 0.29) is 0 Å². The molecule has 1 aromatic heterocycles. The molecule has 3 N–H and O–H groups in total. The molecule has 134 valence electrons. The van der Waals surface area contributed by atoms with E-state index >= 15 is 0 Å². The maximum absolute atomic E-state index is 12.0. The zero-order valence-corrected chi connectivity index (χ0v) is 13.2. The molecule has 1 fully saturated rings. The van der Waals surface area contributed by atoms with E-state index in [9.17, 15) is 29.4 Å². The molecule has 5 atom stereocenters. The highest BCUT2D eigenvalue weighted by molar-refractivity contribution is 5.89. The molecule has 1 unspecified atom stereocenters. The maximum Gasteiger partial charge on any atom is 0.330 e. The second-order valence-electron chi connectivity index (χ2n) is 5.55. The Morgan fingerprint density at radius 3 is 2.60 bits per heavy atom. The summed E-state index contributed by atoms with van der Waals surface area (Å²) in [5, 5.41) is 24.1. The van der Waals surface area contributed by atoms with Crippen molar-refractivity contribution in [1.82, 2.24) is 9.55 Å². The first kappa shape index (κ1) is 18.5. The van der Waals surface area contributed by atoms with Crippen molar-refractivity contribution in [3.8, 4) is 0 Å². The molecule has 12 nitrogen and oxygen atoms in total. The Bertz CT molecular complexity index is 870. The number of aliphatic hydroxyl groups is 2. The van der Waals surface area contributed by atoms with Gasteiger partial charge in [0.05, 0.1) is 0 Å². The van der Waals surface area contributed by atoms with Crippen LogP contribution in [0.1, 0.15) is 20.1 Å². The molecular formula is C13H15N5O7. The fourth-order valence-corrected chi connectivity index (χ4v) is 2.70. The van der Waals surface area contributed by atoms with Gasteiger partial charge in [0.25, 0.3) is 5.56 Å². The van der Waals surface area contributed by atoms with Crippen molar-refractivity contribution in [1.29, 1.82) is 0 Å². The quantitative estimate of drug-likeness (QED) is 0.322. The van der Waals surface area contributed by atoms with E-state index in [1.165, 1.54) is 0 Å². The molecule has 1 saturated heterocycles. The Balaban J connectivity index is 2.67. The van der Waals surface area contributed by atoms with Crippen LogP contribution in [0.4, 0.5) is 0 Å². The molecule has 25 heavy (non-hydrogen) atoms. The molecular weight excluding hydrogens is 338 g/mol. The number of hydrogen-bond acceptors (Lipinski definition) is 8. The number of rotatable bonds is 5. The van der Waals surface area contributed by atoms with Gasteiger partial charge in [-0.05, 0) is 19.4 Å². The van der Waals surface area contributed by atoms with Gasteiger partial charge in [0.15, 0.2) is 23.4 Å². The van der Waals surface area contributed by atoms with Gasteiger partial charge in [-0.15, -0.1) is 0 Å². The normalized spacial score (nSPS) is 29.7. The second-order valence-corrected chi connectivity index (χ2v) is 5.55. The van der Waals surface area contributed by atoms with Gasteiger partial charge in [-0.25, -0.2) is 4.79 Å². The Hall–Kier alpha value is -2.79. The first-order valence-corrected chi connectivity index (χ1v) is 7.07. The second kappa shape index (κ2) is 6.61. The van der Waals surface area contributed by atoms with Crippen LogP contribution in [-0.4, -0.2) is 55.2 Å². The van der Waals surface area contributed by atoms with Gasteiger partial charge in [-0.1, -0.05) is 5.11 Å². The predicted molar refractivity (Wildman–Crippen MR) is 80.5 cm³/mol. The number of aromatic amines is 1. The van der Waals surface area contributed by atoms with Gasteiger partial charge in [0.1, 0.15) is 18.2 Å². The number of H-pyrrole nitrogens is 1. The molecule has 0 spiro atoms. The standard InChI is InChI=1S/C13H15N5O7/c1-5(19)8(22)10-13(24,6(2)20)9(16-17-14)11(25-10)18-4-3-7(21)15-12(18)23/h3-4,8-11,22,24H,1-2H3,(H,15,21,23)/t8?,9-,10+,11+,13-/m0/s1. The van der Waals surface area contributed by atoms with Gasteiger partial charge in [-0.3, -0.25) is 23.9 Å². The zero-order valence-electron chi connectivity index (χ0n) is 13.2. The minimum atomic E-state index is -2.56. The minimum Gasteiger partial charge on any atom is -0.382 e. The van der Waals surface area contributed by atoms with Crippen LogP contribution < -0.4 is 11.2 Å². The third kappa shape index (κ3) is 2.98. The maximum atomic E-state index is 12.0. The molecule has 0 aromatic carbocycles. The fourth-order valence-electron chi connectivity index (χ4n) is 2.70. The Kier molecular flexibility index (Phi) is 4.90. The number of ether oxygens (including phenoxy) is 1. The van der Waals surface area contributed by atoms with E-state index in [1.54, 1.807) is 0 Å². The van der Waals surface area contributed by atoms with E-state index in [2.05, 4.69) is 10.0 Å². The average Bonchev–Trinajstić information content (AvgIpc) is 2.81. The SMILES string of the molecule is CC(=O)C(O)[C@H]1O[C@@H](n2ccc(=O)[nH]c2=O)[C@H](N=[N+]=[N-])[C@@]1(O)C(C)=O. The lowest BCUT2D eigenvalue weighted by Crippen LogP contribution is -2.57. The van der Waals surface area contributed by atoms with Gasteiger partial charge in [0.2, 0.25) is 0 Å². The van der Waals surface area contributed by atoms with E-state index < -0.39 is 52.9 Å². The number of nitrogens with one attached hydrogen (secondary N) is 1. The highest BCUT2D eigenvalue weighted by atomic mass is 16.6. The largest absolute Gasteiger partial charge is 0.382 e. The van der Waals surface area contributed by atoms with Crippen LogP contribution in [0.15, 0.2) is 27.0 Å². The lowest BCUT2D eigenvalue weighted by molar-refractivity contribution is -0.158. The molecule has 0 amide bonds. The van der Waals surface area contributed by atoms with Crippen LogP contribution in [0.25, 0.3) is 10.4 Å². The van der Waals surface area contributed by atoms with Gasteiger partial charge in [-0.2, -0.15) is 0 Å². The van der Waals surface area contributed by atoms with Gasteiger partial charge in [0, 0.05) is 17.2 Å². The van der Waals surface area contributed by atoms with Crippen molar-refractivity contribution < 1.29 is 24.5 Å². The van der Waals surface area contributed by atoms with E-state index in [4.69, 9.17) is 10.3 Å². The van der Waals surface area contributed by atoms with Crippen LogP contribution in [0, 0.1) is 0 Å². The number of carbonyl (C=O) groups is 2. The van der Waals surface area contributed by atoms with Crippen LogP contribution in [0.2, 0.25) is 0 Å². The van der Waals surface area contributed by atoms with Crippen molar-refractivity contribution in [2.45, 2.75) is 43.9 Å². The molecule has 0 saturated carbocycles. The average molecular weight is 353 g/mol. The zero-order chi connectivity index (χ0) is 18.9. The molecule has 1 aromatic rings. The first-order valence-electron chi connectivity index (χ1n) is 7.07. The molecule has 2 heterocycles. The lowest BCUT2D eigenvalue weighted by Gasteiger charge is -2.30. The summed E-state index contributed by atoms with van der Waals surface area (Å²) >= 11 is 0. The van der Waals surface area contributed by atoms with Crippen molar-refractivity contribution in [2.75, 3.05) is 0 Å². The van der Waals surface area contributed by atoms with Crippen molar-refractivity contribution in [2.24, 2.45) is 5.11 Å². The fraction of sp³-hybridized carbons (Fsp3) is 0.538. The number of nitrogens with zero attached hydrogens (tertiary/aromatic N) is 4. The summed E-state index contributed by atoms with van der Waals surface area (Å²) in [5.74, 6) is -1.74. The number of ketones is 2. The molecule has 0 radical (unpaired) electrons. The first-order chi connectivity index (χ1) is 11.6. The number of carbonyl (C=O) groups excluding carboxylic acids is 2. The predicted octanol–water partition coefficient (Wildman–Crippen LogP) is -1.62. The van der Waals surface area contributed by atoms with E-state index in [0.717, 1.165) is 30.7 Å². The summed E-state index contributed by atoms with van der Waals surface area (Å²) in [7, 11) is 0. The van der Waals surface area contributed by atoms with Crippen LogP contribution in [-0.2, 0) is 14.3 Å². The third-order valence-corrected chi connectivity index (χ3v) is 4.01. The van der Waals surface area contributed by atoms with Crippen LogP contribution >= 0.6 is 0 Å². The van der Waals surface area contributed by atoms with E-state index in [1.807, 2.05) is 4.98 Å². The molecule has 1 aliphatic heterocycles. The Labute approximate surface area is 139 Å². The van der Waals surface area contributed by atoms with Crippen molar-refractivity contribution in [3.05, 3.63) is 43.5 Å². The number of aliphatic hydroxyl groups excluding tert-OH is 1. The van der Waals surface area contributed by atoms with Gasteiger partial charge < -0.3 is 14.9 Å². The number of azide groups is 1. The van der Waals surface area contributed by atoms with Crippen molar-refractivity contribution in [3.63, 3.8) is 0 Å². The monoisotopic (exact) mass is 353 g/mol. The highest BCUT2D eigenvalue weighted by Crippen LogP contribution is 2.41. The number of Topliss-reactive ketones (excluding diaryl/α,β-unsaturated/α-hetero) is 2. The van der Waals surface area contributed by atoms with E-state index in [0.29, 0.717) is 0 Å². The summed E-state index contributed by atoms with van der Waals surface area (Å²) in [4.78, 5) is 51.1. The molecule has 0 aliphatic carbocycles. The molecule has 12 heteroatoms. The molecule has 0 bridgehead atoms. The highest BCUT2D eigenvalue weighted by Gasteiger charge is 2.62. The van der Waals surface area contributed by atoms with Crippen LogP contribution in [0.3, 0.4) is 0 Å². The number of hydrogen-bond donors (Lipinski definition) is 3. The topological polar surface area (TPSA) is 187 Å². The summed E-state index contributed by atoms with van der Waals surface area (Å²) in [6.07, 6.45) is -4.21. The van der Waals surface area contributed by atoms with Crippen LogP contribution in [0.5, 0.6) is 0 Å². The summed E-state index contributed by atoms with van der Waals surface area (Å²) in [6, 6.07) is -0.697. The Morgan fingerprint density at radius 2 is 2.12 bits per heavy atom. The molecule has 1 aliphatic rings. The third-order valence-electron chi connectivity index (χ3n) is 4.01. The smallest absolute Gasteiger partial charge is 0.330 e. The van der Waals surface area contributed by atoms with Gasteiger partial charge >= 0.3 is 5.69 Å². The summed E-state index contributed by atoms with van der Waals surface area (Å²) in [5.41, 5.74) is 4.54. The molecule has 2 rings (SSSR count). The number of aromatic nitrogens is 2. The summed E-state index contributed by atoms with van der Waals surface area (Å²) in [6.45, 7) is 1.97. The summed E-state index contributed by atoms with van der Waals surface area (Å²) < 4.78 is 6.15. The minimum absolute atomic E-state index is 0.707.